The van der Waals surface area contributed by atoms with Crippen LogP contribution in [0.2, 0.25) is 0 Å². The number of fused-ring (bicyclic) bond motifs is 1. The summed E-state index contributed by atoms with van der Waals surface area (Å²) in [6, 6.07) is 1.49. The zero-order chi connectivity index (χ0) is 14.9. The summed E-state index contributed by atoms with van der Waals surface area (Å²) in [5.41, 5.74) is 6.33. The highest BCUT2D eigenvalue weighted by molar-refractivity contribution is 5.77. The topological polar surface area (TPSA) is 61.5 Å². The van der Waals surface area contributed by atoms with Crippen LogP contribution < -0.4 is 10.5 Å². The molecule has 0 saturated heterocycles. The lowest BCUT2D eigenvalue weighted by Gasteiger charge is -2.34. The van der Waals surface area contributed by atoms with Gasteiger partial charge in [0.1, 0.15) is 6.04 Å². The van der Waals surface area contributed by atoms with Crippen LogP contribution in [0.5, 0.6) is 5.75 Å². The largest absolute Gasteiger partial charge is 0.490 e. The van der Waals surface area contributed by atoms with Crippen LogP contribution in [0.4, 0.5) is 8.78 Å². The van der Waals surface area contributed by atoms with Gasteiger partial charge in [0.2, 0.25) is 5.82 Å². The maximum Gasteiger partial charge on any atom is 0.323 e. The van der Waals surface area contributed by atoms with Crippen LogP contribution in [0.15, 0.2) is 12.1 Å². The fourth-order valence-corrected chi connectivity index (χ4v) is 2.51. The van der Waals surface area contributed by atoms with E-state index in [-0.39, 0.29) is 24.9 Å². The van der Waals surface area contributed by atoms with E-state index in [0.717, 1.165) is 6.07 Å². The minimum Gasteiger partial charge on any atom is -0.490 e. The van der Waals surface area contributed by atoms with Crippen molar-refractivity contribution in [1.82, 2.24) is 0 Å². The molecule has 0 fully saturated rings. The second kappa shape index (κ2) is 5.75. The number of ether oxygens (including phenoxy) is 2. The molecule has 0 radical (unpaired) electrons. The van der Waals surface area contributed by atoms with E-state index in [1.54, 1.807) is 6.92 Å². The van der Waals surface area contributed by atoms with E-state index < -0.39 is 29.6 Å². The molecule has 0 aromatic heterocycles. The van der Waals surface area contributed by atoms with E-state index in [1.807, 2.05) is 6.92 Å². The standard InChI is InChI=1S/C14H17F2NO3/c1-3-19-14(18)12(17)10-7(2)6-20-13-8(10)4-5-9(15)11(13)16/h4-5,7,10,12H,3,6,17H2,1-2H3/t7?,10?,12-/m0/s1. The molecule has 3 atom stereocenters. The summed E-state index contributed by atoms with van der Waals surface area (Å²) in [6.45, 7) is 3.91. The number of carbonyl (C=O) groups excluding carboxylic acids is 1. The smallest absolute Gasteiger partial charge is 0.323 e. The fraction of sp³-hybridized carbons (Fsp3) is 0.500. The van der Waals surface area contributed by atoms with Crippen LogP contribution in [0.3, 0.4) is 0 Å². The Kier molecular flexibility index (Phi) is 4.23. The Balaban J connectivity index is 2.40. The van der Waals surface area contributed by atoms with Gasteiger partial charge < -0.3 is 15.2 Å². The first-order valence-corrected chi connectivity index (χ1v) is 6.50. The van der Waals surface area contributed by atoms with Crippen molar-refractivity contribution in [3.8, 4) is 5.75 Å². The minimum atomic E-state index is -1.05. The van der Waals surface area contributed by atoms with Gasteiger partial charge in [-0.05, 0) is 18.9 Å². The highest BCUT2D eigenvalue weighted by Gasteiger charge is 2.38. The molecular formula is C14H17F2NO3. The second-order valence-corrected chi connectivity index (χ2v) is 4.87. The summed E-state index contributed by atoms with van der Waals surface area (Å²) in [7, 11) is 0. The second-order valence-electron chi connectivity index (χ2n) is 4.87. The van der Waals surface area contributed by atoms with Crippen molar-refractivity contribution in [2.24, 2.45) is 11.7 Å². The first-order valence-electron chi connectivity index (χ1n) is 6.50. The Bertz CT molecular complexity index is 521. The summed E-state index contributed by atoms with van der Waals surface area (Å²) in [5.74, 6) is -3.31. The van der Waals surface area contributed by atoms with Gasteiger partial charge in [0.25, 0.3) is 0 Å². The lowest BCUT2D eigenvalue weighted by molar-refractivity contribution is -0.145. The molecule has 2 N–H and O–H groups in total. The third-order valence-corrected chi connectivity index (χ3v) is 3.49. The van der Waals surface area contributed by atoms with Crippen LogP contribution in [0.25, 0.3) is 0 Å². The minimum absolute atomic E-state index is 0.105. The molecule has 2 rings (SSSR count). The monoisotopic (exact) mass is 285 g/mol. The van der Waals surface area contributed by atoms with Crippen molar-refractivity contribution >= 4 is 5.97 Å². The lowest BCUT2D eigenvalue weighted by Crippen LogP contribution is -2.43. The number of carbonyl (C=O) groups is 1. The molecule has 1 aliphatic rings. The summed E-state index contributed by atoms with van der Waals surface area (Å²) in [5, 5.41) is 0. The van der Waals surface area contributed by atoms with Crippen molar-refractivity contribution in [3.63, 3.8) is 0 Å². The van der Waals surface area contributed by atoms with Crippen LogP contribution in [-0.4, -0.2) is 25.2 Å². The zero-order valence-electron chi connectivity index (χ0n) is 11.4. The number of halogens is 2. The third-order valence-electron chi connectivity index (χ3n) is 3.49. The van der Waals surface area contributed by atoms with Gasteiger partial charge >= 0.3 is 5.97 Å². The van der Waals surface area contributed by atoms with Gasteiger partial charge in [-0.3, -0.25) is 4.79 Å². The van der Waals surface area contributed by atoms with Gasteiger partial charge in [-0.15, -0.1) is 0 Å². The molecule has 0 saturated carbocycles. The van der Waals surface area contributed by atoms with Crippen molar-refractivity contribution < 1.29 is 23.0 Å². The molecule has 0 spiro atoms. The molecule has 1 heterocycles. The van der Waals surface area contributed by atoms with E-state index in [0.29, 0.717) is 5.56 Å². The van der Waals surface area contributed by atoms with Gasteiger partial charge in [0.15, 0.2) is 11.6 Å². The van der Waals surface area contributed by atoms with E-state index in [4.69, 9.17) is 15.2 Å². The van der Waals surface area contributed by atoms with Crippen molar-refractivity contribution in [1.29, 1.82) is 0 Å². The van der Waals surface area contributed by atoms with E-state index in [2.05, 4.69) is 0 Å². The quantitative estimate of drug-likeness (QED) is 0.862. The van der Waals surface area contributed by atoms with E-state index in [1.165, 1.54) is 6.07 Å². The Hall–Kier alpha value is -1.69. The predicted molar refractivity (Wildman–Crippen MR) is 68.4 cm³/mol. The Labute approximate surface area is 115 Å². The average Bonchev–Trinajstić information content (AvgIpc) is 2.42. The Morgan fingerprint density at radius 1 is 1.55 bits per heavy atom. The van der Waals surface area contributed by atoms with Crippen molar-refractivity contribution in [2.75, 3.05) is 13.2 Å². The maximum absolute atomic E-state index is 13.7. The predicted octanol–water partition coefficient (Wildman–Crippen LogP) is 1.97. The molecule has 110 valence electrons. The fourth-order valence-electron chi connectivity index (χ4n) is 2.51. The molecule has 0 bridgehead atoms. The van der Waals surface area contributed by atoms with Crippen LogP contribution >= 0.6 is 0 Å². The first-order chi connectivity index (χ1) is 9.47. The molecule has 1 aliphatic heterocycles. The molecule has 2 unspecified atom stereocenters. The number of hydrogen-bond acceptors (Lipinski definition) is 4. The summed E-state index contributed by atoms with van der Waals surface area (Å²) in [6.07, 6.45) is 0. The number of rotatable bonds is 3. The number of nitrogens with two attached hydrogens (primary N) is 1. The molecule has 0 aliphatic carbocycles. The average molecular weight is 285 g/mol. The molecule has 1 aromatic rings. The van der Waals surface area contributed by atoms with Crippen molar-refractivity contribution in [3.05, 3.63) is 29.3 Å². The van der Waals surface area contributed by atoms with E-state index in [9.17, 15) is 13.6 Å². The van der Waals surface area contributed by atoms with Crippen LogP contribution in [0, 0.1) is 17.6 Å². The number of hydrogen-bond donors (Lipinski definition) is 1. The number of benzene rings is 1. The zero-order valence-corrected chi connectivity index (χ0v) is 11.4. The van der Waals surface area contributed by atoms with Gasteiger partial charge in [-0.1, -0.05) is 13.0 Å². The number of esters is 1. The first kappa shape index (κ1) is 14.7. The Morgan fingerprint density at radius 2 is 2.25 bits per heavy atom. The van der Waals surface area contributed by atoms with Crippen LogP contribution in [0.1, 0.15) is 25.3 Å². The molecule has 1 aromatic carbocycles. The molecule has 0 amide bonds. The van der Waals surface area contributed by atoms with E-state index >= 15 is 0 Å². The summed E-state index contributed by atoms with van der Waals surface area (Å²) in [4.78, 5) is 11.8. The van der Waals surface area contributed by atoms with Gasteiger partial charge in [-0.2, -0.15) is 4.39 Å². The summed E-state index contributed by atoms with van der Waals surface area (Å²) < 4.78 is 37.1. The maximum atomic E-state index is 13.7. The lowest BCUT2D eigenvalue weighted by atomic mass is 9.80. The summed E-state index contributed by atoms with van der Waals surface area (Å²) >= 11 is 0. The highest BCUT2D eigenvalue weighted by atomic mass is 19.2. The molecule has 20 heavy (non-hydrogen) atoms. The molecular weight excluding hydrogens is 268 g/mol. The van der Waals surface area contributed by atoms with Gasteiger partial charge in [0, 0.05) is 11.5 Å². The molecule has 4 nitrogen and oxygen atoms in total. The highest BCUT2D eigenvalue weighted by Crippen LogP contribution is 2.40. The molecule has 6 heteroatoms. The SMILES string of the molecule is CCOC(=O)[C@@H](N)C1c2ccc(F)c(F)c2OCC1C. The van der Waals surface area contributed by atoms with Gasteiger partial charge in [0.05, 0.1) is 13.2 Å². The third kappa shape index (κ3) is 2.47. The Morgan fingerprint density at radius 3 is 2.90 bits per heavy atom. The normalized spacial score (nSPS) is 22.6. The van der Waals surface area contributed by atoms with Crippen LogP contribution in [-0.2, 0) is 9.53 Å². The van der Waals surface area contributed by atoms with Crippen molar-refractivity contribution in [2.45, 2.75) is 25.8 Å². The van der Waals surface area contributed by atoms with Gasteiger partial charge in [-0.25, -0.2) is 4.39 Å².